The average molecular weight is 428 g/mol. The van der Waals surface area contributed by atoms with Crippen molar-refractivity contribution in [2.24, 2.45) is 10.7 Å². The third kappa shape index (κ3) is 4.08. The minimum Gasteiger partial charge on any atom is -0.370 e. The van der Waals surface area contributed by atoms with Crippen molar-refractivity contribution in [2.45, 2.75) is 25.4 Å². The number of halogens is 3. The molecule has 0 atom stereocenters. The number of hydrogen-bond donors (Lipinski definition) is 1. The summed E-state index contributed by atoms with van der Waals surface area (Å²) in [6.07, 6.45) is 2.33. The molecule has 0 spiro atoms. The van der Waals surface area contributed by atoms with E-state index in [1.54, 1.807) is 12.1 Å². The van der Waals surface area contributed by atoms with Gasteiger partial charge in [0.15, 0.2) is 5.96 Å². The van der Waals surface area contributed by atoms with Crippen LogP contribution in [-0.2, 0) is 6.54 Å². The van der Waals surface area contributed by atoms with Gasteiger partial charge in [-0.25, -0.2) is 9.38 Å². The summed E-state index contributed by atoms with van der Waals surface area (Å²) in [5.41, 5.74) is 6.38. The Kier molecular flexibility index (Phi) is 5.84. The summed E-state index contributed by atoms with van der Waals surface area (Å²) < 4.78 is 14.3. The third-order valence-corrected chi connectivity index (χ3v) is 3.37. The van der Waals surface area contributed by atoms with Gasteiger partial charge in [-0.15, -0.1) is 24.0 Å². The van der Waals surface area contributed by atoms with Crippen LogP contribution in [0.3, 0.4) is 0 Å². The second-order valence-corrected chi connectivity index (χ2v) is 5.17. The number of nitrogens with zero attached hydrogens (tertiary/aromatic N) is 2. The lowest BCUT2D eigenvalue weighted by atomic mass is 10.2. The second kappa shape index (κ2) is 6.70. The van der Waals surface area contributed by atoms with Crippen LogP contribution in [0, 0.1) is 5.82 Å². The summed E-state index contributed by atoms with van der Waals surface area (Å²) in [5, 5.41) is 0. The maximum absolute atomic E-state index is 13.4. The van der Waals surface area contributed by atoms with Crippen molar-refractivity contribution in [1.29, 1.82) is 0 Å². The molecule has 100 valence electrons. The molecule has 0 bridgehead atoms. The molecule has 2 N–H and O–H groups in total. The van der Waals surface area contributed by atoms with E-state index in [1.165, 1.54) is 6.07 Å². The highest BCUT2D eigenvalue weighted by Gasteiger charge is 2.27. The highest BCUT2D eigenvalue weighted by molar-refractivity contribution is 14.0. The molecule has 0 aromatic heterocycles. The van der Waals surface area contributed by atoms with E-state index in [4.69, 9.17) is 5.73 Å². The SMILES string of the molecule is CN(C(N)=NCc1cc(Br)ccc1F)C1CC1.I. The van der Waals surface area contributed by atoms with Gasteiger partial charge in [0, 0.05) is 23.1 Å². The lowest BCUT2D eigenvalue weighted by Gasteiger charge is -2.16. The molecule has 0 aliphatic heterocycles. The van der Waals surface area contributed by atoms with E-state index in [-0.39, 0.29) is 36.3 Å². The normalized spacial score (nSPS) is 15.2. The molecule has 0 unspecified atom stereocenters. The van der Waals surface area contributed by atoms with Crippen molar-refractivity contribution < 1.29 is 4.39 Å². The lowest BCUT2D eigenvalue weighted by molar-refractivity contribution is 0.487. The lowest BCUT2D eigenvalue weighted by Crippen LogP contribution is -2.35. The zero-order valence-corrected chi connectivity index (χ0v) is 14.0. The van der Waals surface area contributed by atoms with E-state index in [9.17, 15) is 4.39 Å². The molecular formula is C12H16BrFIN3. The number of nitrogens with two attached hydrogens (primary N) is 1. The Morgan fingerprint density at radius 2 is 2.22 bits per heavy atom. The van der Waals surface area contributed by atoms with E-state index in [0.717, 1.165) is 17.3 Å². The number of guanidine groups is 1. The fraction of sp³-hybridized carbons (Fsp3) is 0.417. The van der Waals surface area contributed by atoms with Gasteiger partial charge in [0.25, 0.3) is 0 Å². The zero-order chi connectivity index (χ0) is 12.4. The monoisotopic (exact) mass is 427 g/mol. The van der Waals surface area contributed by atoms with Gasteiger partial charge < -0.3 is 10.6 Å². The second-order valence-electron chi connectivity index (χ2n) is 4.25. The molecule has 0 amide bonds. The number of rotatable bonds is 3. The van der Waals surface area contributed by atoms with Crippen LogP contribution >= 0.6 is 39.9 Å². The number of aliphatic imine (C=N–C) groups is 1. The summed E-state index contributed by atoms with van der Waals surface area (Å²) in [6, 6.07) is 5.34. The summed E-state index contributed by atoms with van der Waals surface area (Å²) in [7, 11) is 1.92. The van der Waals surface area contributed by atoms with Crippen molar-refractivity contribution in [1.82, 2.24) is 4.90 Å². The molecule has 3 nitrogen and oxygen atoms in total. The molecule has 0 saturated heterocycles. The minimum atomic E-state index is -0.251. The summed E-state index contributed by atoms with van der Waals surface area (Å²) in [5.74, 6) is 0.228. The molecule has 0 heterocycles. The first-order valence-corrected chi connectivity index (χ1v) is 6.34. The van der Waals surface area contributed by atoms with Crippen LogP contribution in [0.4, 0.5) is 4.39 Å². The Labute approximate surface area is 132 Å². The first-order chi connectivity index (χ1) is 8.08. The summed E-state index contributed by atoms with van der Waals surface area (Å²) in [4.78, 5) is 6.17. The molecule has 1 saturated carbocycles. The maximum Gasteiger partial charge on any atom is 0.191 e. The topological polar surface area (TPSA) is 41.6 Å². The average Bonchev–Trinajstić information content (AvgIpc) is 3.13. The van der Waals surface area contributed by atoms with Crippen LogP contribution in [0.25, 0.3) is 0 Å². The first-order valence-electron chi connectivity index (χ1n) is 5.54. The van der Waals surface area contributed by atoms with Crippen LogP contribution in [0.2, 0.25) is 0 Å². The predicted octanol–water partition coefficient (Wildman–Crippen LogP) is 3.12. The van der Waals surface area contributed by atoms with Gasteiger partial charge in [0.05, 0.1) is 6.54 Å². The molecule has 1 aromatic rings. The molecule has 1 aliphatic carbocycles. The predicted molar refractivity (Wildman–Crippen MR) is 85.6 cm³/mol. The Morgan fingerprint density at radius 3 is 2.83 bits per heavy atom. The molecule has 18 heavy (non-hydrogen) atoms. The van der Waals surface area contributed by atoms with E-state index >= 15 is 0 Å². The fourth-order valence-electron chi connectivity index (χ4n) is 1.59. The van der Waals surface area contributed by atoms with E-state index < -0.39 is 0 Å². The highest BCUT2D eigenvalue weighted by atomic mass is 127. The Hall–Kier alpha value is -0.370. The van der Waals surface area contributed by atoms with Gasteiger partial charge in [0.1, 0.15) is 5.82 Å². The molecule has 1 aromatic carbocycles. The van der Waals surface area contributed by atoms with Gasteiger partial charge in [-0.1, -0.05) is 15.9 Å². The standard InChI is InChI=1S/C12H15BrFN3.HI/c1-17(10-3-4-10)12(15)16-7-8-6-9(13)2-5-11(8)14;/h2,5-6,10H,3-4,7H2,1H3,(H2,15,16);1H. The molecule has 2 rings (SSSR count). The van der Waals surface area contributed by atoms with Gasteiger partial charge in [-0.05, 0) is 31.0 Å². The summed E-state index contributed by atoms with van der Waals surface area (Å²) >= 11 is 3.31. The highest BCUT2D eigenvalue weighted by Crippen LogP contribution is 2.25. The zero-order valence-electron chi connectivity index (χ0n) is 10.1. The Bertz CT molecular complexity index is 449. The van der Waals surface area contributed by atoms with Crippen LogP contribution < -0.4 is 5.73 Å². The van der Waals surface area contributed by atoms with Crippen molar-refractivity contribution in [3.8, 4) is 0 Å². The Morgan fingerprint density at radius 1 is 1.56 bits per heavy atom. The van der Waals surface area contributed by atoms with Crippen molar-refractivity contribution in [2.75, 3.05) is 7.05 Å². The van der Waals surface area contributed by atoms with Gasteiger partial charge in [-0.3, -0.25) is 0 Å². The van der Waals surface area contributed by atoms with Crippen LogP contribution in [-0.4, -0.2) is 23.9 Å². The van der Waals surface area contributed by atoms with E-state index in [2.05, 4.69) is 20.9 Å². The molecule has 6 heteroatoms. The third-order valence-electron chi connectivity index (χ3n) is 2.88. The summed E-state index contributed by atoms with van der Waals surface area (Å²) in [6.45, 7) is 0.272. The van der Waals surface area contributed by atoms with Gasteiger partial charge in [0.2, 0.25) is 0 Å². The molecular weight excluding hydrogens is 412 g/mol. The van der Waals surface area contributed by atoms with Gasteiger partial charge >= 0.3 is 0 Å². The molecule has 1 aliphatic rings. The van der Waals surface area contributed by atoms with E-state index in [1.807, 2.05) is 11.9 Å². The number of hydrogen-bond acceptors (Lipinski definition) is 1. The first kappa shape index (κ1) is 15.7. The molecule has 1 fully saturated rings. The molecule has 0 radical (unpaired) electrons. The van der Waals surface area contributed by atoms with Crippen LogP contribution in [0.5, 0.6) is 0 Å². The Balaban J connectivity index is 0.00000162. The van der Waals surface area contributed by atoms with Crippen LogP contribution in [0.1, 0.15) is 18.4 Å². The number of benzene rings is 1. The van der Waals surface area contributed by atoms with E-state index in [0.29, 0.717) is 17.6 Å². The van der Waals surface area contributed by atoms with Crippen molar-refractivity contribution in [3.63, 3.8) is 0 Å². The maximum atomic E-state index is 13.4. The van der Waals surface area contributed by atoms with Gasteiger partial charge in [-0.2, -0.15) is 0 Å². The quantitative estimate of drug-likeness (QED) is 0.457. The fourth-order valence-corrected chi connectivity index (χ4v) is 2.00. The smallest absolute Gasteiger partial charge is 0.191 e. The largest absolute Gasteiger partial charge is 0.370 e. The van der Waals surface area contributed by atoms with Crippen LogP contribution in [0.15, 0.2) is 27.7 Å². The van der Waals surface area contributed by atoms with Crippen molar-refractivity contribution in [3.05, 3.63) is 34.1 Å². The minimum absolute atomic E-state index is 0. The van der Waals surface area contributed by atoms with Crippen molar-refractivity contribution >= 4 is 45.9 Å².